The van der Waals surface area contributed by atoms with Gasteiger partial charge in [-0.2, -0.15) is 0 Å². The number of rotatable bonds is 5. The van der Waals surface area contributed by atoms with Crippen LogP contribution in [0.5, 0.6) is 0 Å². The Morgan fingerprint density at radius 1 is 1.32 bits per heavy atom. The van der Waals surface area contributed by atoms with Gasteiger partial charge in [0.05, 0.1) is 6.04 Å². The van der Waals surface area contributed by atoms with Gasteiger partial charge < -0.3 is 14.6 Å². The quantitative estimate of drug-likeness (QED) is 0.916. The molecule has 0 bridgehead atoms. The Bertz CT molecular complexity index is 526. The van der Waals surface area contributed by atoms with Crippen LogP contribution < -0.4 is 10.2 Å². The summed E-state index contributed by atoms with van der Waals surface area (Å²) in [6.45, 7) is 2.70. The summed E-state index contributed by atoms with van der Waals surface area (Å²) in [7, 11) is 3.80. The summed E-state index contributed by atoms with van der Waals surface area (Å²) in [4.78, 5) is 1.93. The molecule has 0 aliphatic heterocycles. The standard InChI is InChI=1S/C13H17BrN4O/c1-9(15-2)12-16-17-13(19-12)18(3)8-10-4-6-11(14)7-5-10/h4-7,9,15H,8H2,1-3H3. The predicted octanol–water partition coefficient (Wildman–Crippen LogP) is 2.75. The maximum Gasteiger partial charge on any atom is 0.318 e. The van der Waals surface area contributed by atoms with E-state index >= 15 is 0 Å². The number of aromatic nitrogens is 2. The van der Waals surface area contributed by atoms with Crippen molar-refractivity contribution in [2.45, 2.75) is 19.5 Å². The van der Waals surface area contributed by atoms with Crippen LogP contribution in [0, 0.1) is 0 Å². The second-order valence-electron chi connectivity index (χ2n) is 4.42. The molecule has 102 valence electrons. The van der Waals surface area contributed by atoms with Crippen molar-refractivity contribution < 1.29 is 4.42 Å². The van der Waals surface area contributed by atoms with Crippen LogP contribution in [0.25, 0.3) is 0 Å². The van der Waals surface area contributed by atoms with Gasteiger partial charge in [-0.1, -0.05) is 33.2 Å². The van der Waals surface area contributed by atoms with E-state index in [2.05, 4.69) is 43.6 Å². The first-order valence-electron chi connectivity index (χ1n) is 6.06. The molecule has 1 unspecified atom stereocenters. The van der Waals surface area contributed by atoms with E-state index in [1.165, 1.54) is 5.56 Å². The molecule has 1 atom stereocenters. The highest BCUT2D eigenvalue weighted by molar-refractivity contribution is 9.10. The molecule has 0 spiro atoms. The van der Waals surface area contributed by atoms with Gasteiger partial charge in [-0.05, 0) is 31.7 Å². The minimum Gasteiger partial charge on any atom is -0.406 e. The van der Waals surface area contributed by atoms with Crippen LogP contribution in [0.1, 0.15) is 24.4 Å². The van der Waals surface area contributed by atoms with E-state index in [0.717, 1.165) is 11.0 Å². The lowest BCUT2D eigenvalue weighted by molar-refractivity contribution is 0.432. The van der Waals surface area contributed by atoms with Gasteiger partial charge in [-0.3, -0.25) is 0 Å². The summed E-state index contributed by atoms with van der Waals surface area (Å²) >= 11 is 3.42. The normalized spacial score (nSPS) is 12.4. The van der Waals surface area contributed by atoms with E-state index in [1.807, 2.05) is 38.1 Å². The molecule has 0 fully saturated rings. The minimum absolute atomic E-state index is 0.0577. The van der Waals surface area contributed by atoms with E-state index in [0.29, 0.717) is 11.9 Å². The summed E-state index contributed by atoms with van der Waals surface area (Å²) in [5.41, 5.74) is 1.19. The van der Waals surface area contributed by atoms with Crippen LogP contribution >= 0.6 is 15.9 Å². The minimum atomic E-state index is 0.0577. The van der Waals surface area contributed by atoms with Crippen LogP contribution in [-0.4, -0.2) is 24.3 Å². The maximum atomic E-state index is 5.63. The van der Waals surface area contributed by atoms with E-state index < -0.39 is 0 Å². The van der Waals surface area contributed by atoms with Gasteiger partial charge in [-0.15, -0.1) is 5.10 Å². The lowest BCUT2D eigenvalue weighted by Crippen LogP contribution is -2.16. The van der Waals surface area contributed by atoms with Crippen molar-refractivity contribution in [3.05, 3.63) is 40.2 Å². The fourth-order valence-electron chi connectivity index (χ4n) is 1.61. The third-order valence-corrected chi connectivity index (χ3v) is 3.42. The fourth-order valence-corrected chi connectivity index (χ4v) is 1.87. The van der Waals surface area contributed by atoms with Crippen LogP contribution in [0.2, 0.25) is 0 Å². The zero-order chi connectivity index (χ0) is 13.8. The second kappa shape index (κ2) is 6.16. The van der Waals surface area contributed by atoms with Crippen LogP contribution in [0.3, 0.4) is 0 Å². The zero-order valence-electron chi connectivity index (χ0n) is 11.2. The molecule has 1 aromatic carbocycles. The first-order chi connectivity index (χ1) is 9.10. The van der Waals surface area contributed by atoms with Crippen molar-refractivity contribution in [3.63, 3.8) is 0 Å². The van der Waals surface area contributed by atoms with Gasteiger partial charge in [0.2, 0.25) is 5.89 Å². The van der Waals surface area contributed by atoms with Gasteiger partial charge in [0.15, 0.2) is 0 Å². The van der Waals surface area contributed by atoms with Gasteiger partial charge >= 0.3 is 6.01 Å². The van der Waals surface area contributed by atoms with E-state index in [1.54, 1.807) is 0 Å². The molecule has 0 amide bonds. The number of hydrogen-bond acceptors (Lipinski definition) is 5. The van der Waals surface area contributed by atoms with Crippen molar-refractivity contribution in [1.82, 2.24) is 15.5 Å². The molecule has 0 saturated carbocycles. The smallest absolute Gasteiger partial charge is 0.318 e. The summed E-state index contributed by atoms with van der Waals surface area (Å²) in [6, 6.07) is 8.75. The van der Waals surface area contributed by atoms with Crippen LogP contribution in [0.15, 0.2) is 33.2 Å². The summed E-state index contributed by atoms with van der Waals surface area (Å²) in [6.07, 6.45) is 0. The van der Waals surface area contributed by atoms with Crippen molar-refractivity contribution >= 4 is 21.9 Å². The van der Waals surface area contributed by atoms with Crippen LogP contribution in [0.4, 0.5) is 6.01 Å². The Hall–Kier alpha value is -1.40. The predicted molar refractivity (Wildman–Crippen MR) is 78.0 cm³/mol. The molecule has 6 heteroatoms. The second-order valence-corrected chi connectivity index (χ2v) is 5.33. The molecule has 1 aromatic heterocycles. The van der Waals surface area contributed by atoms with E-state index in [9.17, 15) is 0 Å². The van der Waals surface area contributed by atoms with Crippen molar-refractivity contribution in [3.8, 4) is 0 Å². The molecule has 2 aromatic rings. The van der Waals surface area contributed by atoms with Gasteiger partial charge in [0, 0.05) is 18.1 Å². The number of benzene rings is 1. The highest BCUT2D eigenvalue weighted by atomic mass is 79.9. The molecule has 0 aliphatic carbocycles. The highest BCUT2D eigenvalue weighted by Crippen LogP contribution is 2.18. The largest absolute Gasteiger partial charge is 0.406 e. The van der Waals surface area contributed by atoms with Crippen molar-refractivity contribution in [2.24, 2.45) is 0 Å². The van der Waals surface area contributed by atoms with Crippen molar-refractivity contribution in [1.29, 1.82) is 0 Å². The summed E-state index contributed by atoms with van der Waals surface area (Å²) in [5.74, 6) is 0.597. The number of anilines is 1. The van der Waals surface area contributed by atoms with Gasteiger partial charge in [0.1, 0.15) is 0 Å². The fraction of sp³-hybridized carbons (Fsp3) is 0.385. The zero-order valence-corrected chi connectivity index (χ0v) is 12.8. The number of nitrogens with one attached hydrogen (secondary N) is 1. The summed E-state index contributed by atoms with van der Waals surface area (Å²) in [5, 5.41) is 11.2. The number of nitrogens with zero attached hydrogens (tertiary/aromatic N) is 3. The summed E-state index contributed by atoms with van der Waals surface area (Å²) < 4.78 is 6.70. The van der Waals surface area contributed by atoms with Gasteiger partial charge in [0.25, 0.3) is 0 Å². The average Bonchev–Trinajstić information content (AvgIpc) is 2.90. The molecule has 1 N–H and O–H groups in total. The highest BCUT2D eigenvalue weighted by Gasteiger charge is 2.14. The van der Waals surface area contributed by atoms with E-state index in [4.69, 9.17) is 4.42 Å². The van der Waals surface area contributed by atoms with Crippen molar-refractivity contribution in [2.75, 3.05) is 19.0 Å². The Labute approximate surface area is 121 Å². The molecule has 5 nitrogen and oxygen atoms in total. The first kappa shape index (κ1) is 14.0. The molecule has 1 heterocycles. The Balaban J connectivity index is 2.05. The monoisotopic (exact) mass is 324 g/mol. The molecule has 19 heavy (non-hydrogen) atoms. The molecule has 0 aliphatic rings. The SMILES string of the molecule is CNC(C)c1nnc(N(C)Cc2ccc(Br)cc2)o1. The third-order valence-electron chi connectivity index (χ3n) is 2.89. The first-order valence-corrected chi connectivity index (χ1v) is 6.85. The Morgan fingerprint density at radius 3 is 2.63 bits per heavy atom. The number of hydrogen-bond donors (Lipinski definition) is 1. The maximum absolute atomic E-state index is 5.63. The molecule has 0 saturated heterocycles. The molecule has 0 radical (unpaired) electrons. The Morgan fingerprint density at radius 2 is 2.00 bits per heavy atom. The number of halogens is 1. The molecular formula is C13H17BrN4O. The van der Waals surface area contributed by atoms with Gasteiger partial charge in [-0.25, -0.2) is 0 Å². The molecule has 2 rings (SSSR count). The lowest BCUT2D eigenvalue weighted by atomic mass is 10.2. The average molecular weight is 325 g/mol. The third kappa shape index (κ3) is 3.54. The topological polar surface area (TPSA) is 54.2 Å². The van der Waals surface area contributed by atoms with E-state index in [-0.39, 0.29) is 6.04 Å². The Kier molecular flexibility index (Phi) is 4.55. The lowest BCUT2D eigenvalue weighted by Gasteiger charge is -2.14. The molecular weight excluding hydrogens is 308 g/mol. The van der Waals surface area contributed by atoms with Crippen LogP contribution in [-0.2, 0) is 6.54 Å².